The quantitative estimate of drug-likeness (QED) is 0.362. The summed E-state index contributed by atoms with van der Waals surface area (Å²) in [6.45, 7) is 29.7. The minimum absolute atomic E-state index is 0.140. The molecule has 0 aromatic heterocycles. The molecular formula is C16H44O4Si4. The van der Waals surface area contributed by atoms with Crippen molar-refractivity contribution >= 4 is 33.3 Å². The highest BCUT2D eigenvalue weighted by atomic mass is 28.4. The van der Waals surface area contributed by atoms with E-state index in [0.717, 1.165) is 0 Å². The van der Waals surface area contributed by atoms with Crippen LogP contribution in [-0.4, -0.2) is 52.4 Å². The van der Waals surface area contributed by atoms with E-state index < -0.39 is 33.3 Å². The van der Waals surface area contributed by atoms with Crippen LogP contribution in [0.2, 0.25) is 72.0 Å². The lowest BCUT2D eigenvalue weighted by Crippen LogP contribution is -2.53. The van der Waals surface area contributed by atoms with E-state index in [1.165, 1.54) is 0 Å². The van der Waals surface area contributed by atoms with Gasteiger partial charge in [-0.05, 0) is 85.9 Å². The predicted molar refractivity (Wildman–Crippen MR) is 117 cm³/mol. The van der Waals surface area contributed by atoms with Gasteiger partial charge < -0.3 is 17.7 Å². The highest BCUT2D eigenvalue weighted by Gasteiger charge is 2.39. The van der Waals surface area contributed by atoms with Crippen LogP contribution in [0.1, 0.15) is 13.8 Å². The summed E-state index contributed by atoms with van der Waals surface area (Å²) in [5.41, 5.74) is 0. The minimum atomic E-state index is -1.89. The van der Waals surface area contributed by atoms with Gasteiger partial charge in [0.1, 0.15) is 0 Å². The van der Waals surface area contributed by atoms with Crippen LogP contribution in [-0.2, 0) is 17.7 Å². The van der Waals surface area contributed by atoms with Crippen molar-refractivity contribution in [1.82, 2.24) is 0 Å². The Morgan fingerprint density at radius 2 is 0.833 bits per heavy atom. The second kappa shape index (κ2) is 10.8. The summed E-state index contributed by atoms with van der Waals surface area (Å²) in [6.07, 6.45) is 0. The van der Waals surface area contributed by atoms with E-state index in [-0.39, 0.29) is 5.91 Å². The van der Waals surface area contributed by atoms with Crippen molar-refractivity contribution in [3.8, 4) is 0 Å². The van der Waals surface area contributed by atoms with Gasteiger partial charge in [0.05, 0.1) is 0 Å². The number of rotatable bonds is 9. The van der Waals surface area contributed by atoms with Crippen LogP contribution in [0.15, 0.2) is 0 Å². The molecule has 0 atom stereocenters. The molecule has 0 aromatic carbocycles. The molecule has 0 unspecified atom stereocenters. The van der Waals surface area contributed by atoms with E-state index in [1.54, 1.807) is 0 Å². The molecule has 0 spiro atoms. The molecule has 0 N–H and O–H groups in total. The third kappa shape index (κ3) is 17.5. The van der Waals surface area contributed by atoms with Crippen LogP contribution in [0.3, 0.4) is 0 Å². The van der Waals surface area contributed by atoms with Crippen LogP contribution in [0.5, 0.6) is 0 Å². The van der Waals surface area contributed by atoms with Crippen molar-refractivity contribution in [1.29, 1.82) is 0 Å². The van der Waals surface area contributed by atoms with Gasteiger partial charge in [0.25, 0.3) is 0 Å². The van der Waals surface area contributed by atoms with Gasteiger partial charge >= 0.3 is 0 Å². The highest BCUT2D eigenvalue weighted by Crippen LogP contribution is 2.20. The number of ether oxygens (including phenoxy) is 2. The minimum Gasteiger partial charge on any atom is -0.456 e. The first kappa shape index (κ1) is 26.9. The van der Waals surface area contributed by atoms with Crippen LogP contribution in [0.4, 0.5) is 0 Å². The molecule has 8 heteroatoms. The molecule has 0 radical (unpaired) electrons. The third-order valence-corrected chi connectivity index (χ3v) is 13.3. The Hall–Kier alpha value is 0.708. The van der Waals surface area contributed by atoms with Gasteiger partial charge in [-0.25, -0.2) is 0 Å². The van der Waals surface area contributed by atoms with Crippen LogP contribution >= 0.6 is 0 Å². The Labute approximate surface area is 156 Å². The van der Waals surface area contributed by atoms with Crippen molar-refractivity contribution in [3.63, 3.8) is 0 Å². The molecular weight excluding hydrogens is 369 g/mol. The van der Waals surface area contributed by atoms with Gasteiger partial charge in [-0.2, -0.15) is 0 Å². The Bertz CT molecular complexity index is 312. The standard InChI is InChI=1S/C10H26O3Si2.C6H18OSi2/c1-8-11-10(12-9-2)15(6,7)13-14(3,4)5;1-8(2,3)7-9(4,5)6/h10H,8-9H2,1-7H3;1-6H3. The molecule has 0 bridgehead atoms. The van der Waals surface area contributed by atoms with Crippen molar-refractivity contribution in [2.75, 3.05) is 13.2 Å². The first-order valence-corrected chi connectivity index (χ1v) is 22.3. The maximum absolute atomic E-state index is 6.22. The van der Waals surface area contributed by atoms with E-state index in [9.17, 15) is 0 Å². The number of hydrogen-bond acceptors (Lipinski definition) is 4. The molecule has 0 saturated carbocycles. The summed E-state index contributed by atoms with van der Waals surface area (Å²) in [5.74, 6) is -0.140. The smallest absolute Gasteiger partial charge is 0.236 e. The highest BCUT2D eigenvalue weighted by molar-refractivity contribution is 6.84. The fourth-order valence-electron chi connectivity index (χ4n) is 2.51. The zero-order valence-electron chi connectivity index (χ0n) is 18.6. The van der Waals surface area contributed by atoms with Crippen molar-refractivity contribution < 1.29 is 17.7 Å². The summed E-state index contributed by atoms with van der Waals surface area (Å²) in [4.78, 5) is 0. The lowest BCUT2D eigenvalue weighted by Gasteiger charge is -2.36. The molecule has 0 aliphatic carbocycles. The molecule has 0 rings (SSSR count). The zero-order valence-corrected chi connectivity index (χ0v) is 22.6. The molecule has 0 aromatic rings. The summed E-state index contributed by atoms with van der Waals surface area (Å²) < 4.78 is 23.4. The van der Waals surface area contributed by atoms with Crippen LogP contribution in [0.25, 0.3) is 0 Å². The lowest BCUT2D eigenvalue weighted by molar-refractivity contribution is -0.0945. The van der Waals surface area contributed by atoms with E-state index >= 15 is 0 Å². The van der Waals surface area contributed by atoms with Crippen molar-refractivity contribution in [3.05, 3.63) is 0 Å². The molecule has 0 amide bonds. The molecule has 0 fully saturated rings. The second-order valence-corrected chi connectivity index (χ2v) is 27.4. The molecule has 148 valence electrons. The molecule has 0 aliphatic heterocycles. The normalized spacial score (nSPS) is 13.8. The largest absolute Gasteiger partial charge is 0.456 e. The van der Waals surface area contributed by atoms with Gasteiger partial charge in [0.15, 0.2) is 30.9 Å². The fourth-order valence-corrected chi connectivity index (χ4v) is 17.7. The topological polar surface area (TPSA) is 36.9 Å². The van der Waals surface area contributed by atoms with Gasteiger partial charge in [-0.1, -0.05) is 0 Å². The second-order valence-electron chi connectivity index (χ2n) is 9.39. The zero-order chi connectivity index (χ0) is 19.8. The average Bonchev–Trinajstić information content (AvgIpc) is 2.20. The van der Waals surface area contributed by atoms with E-state index in [4.69, 9.17) is 17.7 Å². The summed E-state index contributed by atoms with van der Waals surface area (Å²) >= 11 is 0. The van der Waals surface area contributed by atoms with E-state index in [2.05, 4.69) is 72.0 Å². The first-order chi connectivity index (χ1) is 10.4. The molecule has 4 nitrogen and oxygen atoms in total. The summed E-state index contributed by atoms with van der Waals surface area (Å²) in [6, 6.07) is 0. The summed E-state index contributed by atoms with van der Waals surface area (Å²) in [7, 11) is -5.87. The maximum Gasteiger partial charge on any atom is 0.236 e. The monoisotopic (exact) mass is 412 g/mol. The van der Waals surface area contributed by atoms with E-state index in [0.29, 0.717) is 13.2 Å². The molecule has 0 aliphatic rings. The average molecular weight is 413 g/mol. The SMILES string of the molecule is CCOC(OCC)[Si](C)(C)O[Si](C)(C)C.C[Si](C)(C)O[Si](C)(C)C. The Morgan fingerprint density at radius 1 is 0.542 bits per heavy atom. The molecule has 0 heterocycles. The fraction of sp³-hybridized carbons (Fsp3) is 1.00. The van der Waals surface area contributed by atoms with E-state index in [1.807, 2.05) is 13.8 Å². The van der Waals surface area contributed by atoms with Gasteiger partial charge in [-0.15, -0.1) is 0 Å². The van der Waals surface area contributed by atoms with Crippen LogP contribution < -0.4 is 0 Å². The van der Waals surface area contributed by atoms with Gasteiger partial charge in [0.2, 0.25) is 8.32 Å². The number of hydrogen-bond donors (Lipinski definition) is 0. The van der Waals surface area contributed by atoms with Gasteiger partial charge in [-0.3, -0.25) is 0 Å². The third-order valence-electron chi connectivity index (χ3n) is 2.39. The van der Waals surface area contributed by atoms with Crippen molar-refractivity contribution in [2.45, 2.75) is 91.8 Å². The Kier molecular flexibility index (Phi) is 12.1. The molecule has 0 saturated heterocycles. The lowest BCUT2D eigenvalue weighted by atomic mass is 10.8. The Balaban J connectivity index is 0. The first-order valence-electron chi connectivity index (χ1n) is 9.07. The van der Waals surface area contributed by atoms with Gasteiger partial charge in [0, 0.05) is 13.2 Å². The predicted octanol–water partition coefficient (Wildman–Crippen LogP) is 5.65. The van der Waals surface area contributed by atoms with Crippen LogP contribution in [0, 0.1) is 0 Å². The Morgan fingerprint density at radius 3 is 1.00 bits per heavy atom. The summed E-state index contributed by atoms with van der Waals surface area (Å²) in [5, 5.41) is 0. The molecule has 24 heavy (non-hydrogen) atoms. The maximum atomic E-state index is 6.22. The van der Waals surface area contributed by atoms with Crippen molar-refractivity contribution in [2.24, 2.45) is 0 Å².